The van der Waals surface area contributed by atoms with Gasteiger partial charge in [0.15, 0.2) is 5.96 Å². The van der Waals surface area contributed by atoms with Crippen LogP contribution in [0.5, 0.6) is 0 Å². The Balaban J connectivity index is 1.64. The van der Waals surface area contributed by atoms with Gasteiger partial charge in [-0.1, -0.05) is 29.8 Å². The van der Waals surface area contributed by atoms with Crippen molar-refractivity contribution in [3.8, 4) is 0 Å². The Morgan fingerprint density at radius 3 is 2.63 bits per heavy atom. The zero-order chi connectivity index (χ0) is 21.2. The molecule has 1 fully saturated rings. The molecule has 2 N–H and O–H groups in total. The molecule has 1 unspecified atom stereocenters. The summed E-state index contributed by atoms with van der Waals surface area (Å²) in [4.78, 5) is 11.3. The second kappa shape index (κ2) is 11.8. The fraction of sp³-hybridized carbons (Fsp3) is 0.455. The first kappa shape index (κ1) is 22.5. The molecule has 162 valence electrons. The van der Waals surface area contributed by atoms with Crippen molar-refractivity contribution in [1.29, 1.82) is 0 Å². The molecule has 1 saturated heterocycles. The summed E-state index contributed by atoms with van der Waals surface area (Å²) >= 11 is 5.84. The van der Waals surface area contributed by atoms with Crippen LogP contribution in [0.25, 0.3) is 0 Å². The molecule has 1 aromatic heterocycles. The zero-order valence-corrected chi connectivity index (χ0v) is 18.0. The lowest BCUT2D eigenvalue weighted by Gasteiger charge is -2.34. The summed E-state index contributed by atoms with van der Waals surface area (Å²) in [5, 5.41) is 7.17. The monoisotopic (exact) mass is 433 g/mol. The largest absolute Gasteiger partial charge is 0.379 e. The van der Waals surface area contributed by atoms with Crippen molar-refractivity contribution in [2.75, 3.05) is 45.9 Å². The van der Waals surface area contributed by atoms with Crippen molar-refractivity contribution in [2.24, 2.45) is 4.99 Å². The normalized spacial score (nSPS) is 16.3. The lowest BCUT2D eigenvalue weighted by Crippen LogP contribution is -2.42. The average molecular weight is 434 g/mol. The summed E-state index contributed by atoms with van der Waals surface area (Å²) in [5.74, 6) is 0.537. The van der Waals surface area contributed by atoms with Crippen molar-refractivity contribution in [3.63, 3.8) is 0 Å². The van der Waals surface area contributed by atoms with Gasteiger partial charge in [0.05, 0.1) is 25.8 Å². The number of hydrogen-bond acceptors (Lipinski definition) is 4. The number of nitrogens with zero attached hydrogens (tertiary/aromatic N) is 3. The van der Waals surface area contributed by atoms with E-state index in [1.54, 1.807) is 12.3 Å². The van der Waals surface area contributed by atoms with E-state index in [1.807, 2.05) is 25.1 Å². The molecule has 0 aliphatic carbocycles. The number of benzene rings is 1. The van der Waals surface area contributed by atoms with Crippen LogP contribution in [0.3, 0.4) is 0 Å². The third kappa shape index (κ3) is 6.93. The van der Waals surface area contributed by atoms with Gasteiger partial charge in [-0.3, -0.25) is 9.89 Å². The Morgan fingerprint density at radius 1 is 1.20 bits per heavy atom. The molecule has 2 heterocycles. The van der Waals surface area contributed by atoms with Crippen LogP contribution in [0.4, 0.5) is 4.39 Å². The standard InChI is InChI=1S/C22H29ClFN5O/c1-2-25-22(26-10-9-17-3-8-21(23)27-15-17)28-16-20(29-11-13-30-14-12-29)18-4-6-19(24)7-5-18/h3-8,15,20H,2,9-14,16H2,1H3,(H2,25,26,28). The van der Waals surface area contributed by atoms with Crippen LogP contribution >= 0.6 is 11.6 Å². The highest BCUT2D eigenvalue weighted by Gasteiger charge is 2.22. The van der Waals surface area contributed by atoms with Gasteiger partial charge < -0.3 is 15.4 Å². The Kier molecular flexibility index (Phi) is 8.86. The summed E-state index contributed by atoms with van der Waals surface area (Å²) < 4.78 is 18.9. The first-order chi connectivity index (χ1) is 14.7. The fourth-order valence-electron chi connectivity index (χ4n) is 3.40. The summed E-state index contributed by atoms with van der Waals surface area (Å²) in [6.45, 7) is 7.20. The van der Waals surface area contributed by atoms with E-state index in [2.05, 4.69) is 20.5 Å². The molecule has 1 aliphatic rings. The molecule has 0 radical (unpaired) electrons. The molecule has 0 amide bonds. The predicted molar refractivity (Wildman–Crippen MR) is 118 cm³/mol. The number of hydrogen-bond donors (Lipinski definition) is 2. The number of aromatic nitrogens is 1. The van der Waals surface area contributed by atoms with Crippen LogP contribution in [-0.2, 0) is 11.2 Å². The highest BCUT2D eigenvalue weighted by molar-refractivity contribution is 6.29. The van der Waals surface area contributed by atoms with Crippen LogP contribution in [0, 0.1) is 5.82 Å². The number of guanidine groups is 1. The van der Waals surface area contributed by atoms with Crippen molar-refractivity contribution < 1.29 is 9.13 Å². The minimum absolute atomic E-state index is 0.0745. The van der Waals surface area contributed by atoms with Crippen molar-refractivity contribution in [2.45, 2.75) is 19.4 Å². The number of pyridine rings is 1. The van der Waals surface area contributed by atoms with E-state index in [4.69, 9.17) is 21.3 Å². The summed E-state index contributed by atoms with van der Waals surface area (Å²) in [7, 11) is 0. The van der Waals surface area contributed by atoms with Gasteiger partial charge in [0.2, 0.25) is 0 Å². The van der Waals surface area contributed by atoms with Gasteiger partial charge in [0.1, 0.15) is 11.0 Å². The highest BCUT2D eigenvalue weighted by Crippen LogP contribution is 2.22. The molecule has 8 heteroatoms. The van der Waals surface area contributed by atoms with E-state index >= 15 is 0 Å². The van der Waals surface area contributed by atoms with Gasteiger partial charge >= 0.3 is 0 Å². The van der Waals surface area contributed by atoms with Gasteiger partial charge in [-0.25, -0.2) is 9.37 Å². The first-order valence-corrected chi connectivity index (χ1v) is 10.7. The third-order valence-corrected chi connectivity index (χ3v) is 5.23. The molecule has 0 saturated carbocycles. The molecular weight excluding hydrogens is 405 g/mol. The van der Waals surface area contributed by atoms with Gasteiger partial charge in [0, 0.05) is 32.4 Å². The smallest absolute Gasteiger partial charge is 0.191 e. The van der Waals surface area contributed by atoms with E-state index in [0.717, 1.165) is 49.7 Å². The molecule has 30 heavy (non-hydrogen) atoms. The molecule has 6 nitrogen and oxygen atoms in total. The minimum atomic E-state index is -0.227. The summed E-state index contributed by atoms with van der Waals surface area (Å²) in [5.41, 5.74) is 2.17. The zero-order valence-electron chi connectivity index (χ0n) is 17.3. The number of morpholine rings is 1. The van der Waals surface area contributed by atoms with Crippen LogP contribution < -0.4 is 10.6 Å². The molecule has 1 aromatic carbocycles. The van der Waals surface area contributed by atoms with Crippen LogP contribution in [0.15, 0.2) is 47.6 Å². The number of nitrogens with one attached hydrogen (secondary N) is 2. The van der Waals surface area contributed by atoms with Crippen LogP contribution in [-0.4, -0.2) is 61.8 Å². The third-order valence-electron chi connectivity index (χ3n) is 5.00. The molecule has 3 rings (SSSR count). The number of aliphatic imine (C=N–C) groups is 1. The van der Waals surface area contributed by atoms with Crippen molar-refractivity contribution in [1.82, 2.24) is 20.5 Å². The lowest BCUT2D eigenvalue weighted by molar-refractivity contribution is 0.0179. The summed E-state index contributed by atoms with van der Waals surface area (Å²) in [6.07, 6.45) is 2.61. The minimum Gasteiger partial charge on any atom is -0.379 e. The van der Waals surface area contributed by atoms with E-state index in [1.165, 1.54) is 12.1 Å². The van der Waals surface area contributed by atoms with Gasteiger partial charge in [0.25, 0.3) is 0 Å². The predicted octanol–water partition coefficient (Wildman–Crippen LogP) is 3.05. The first-order valence-electron chi connectivity index (χ1n) is 10.4. The number of halogens is 2. The summed E-state index contributed by atoms with van der Waals surface area (Å²) in [6, 6.07) is 10.6. The Morgan fingerprint density at radius 2 is 1.97 bits per heavy atom. The Bertz CT molecular complexity index is 794. The van der Waals surface area contributed by atoms with Crippen molar-refractivity contribution >= 4 is 17.6 Å². The second-order valence-electron chi connectivity index (χ2n) is 7.10. The van der Waals surface area contributed by atoms with E-state index < -0.39 is 0 Å². The second-order valence-corrected chi connectivity index (χ2v) is 7.49. The van der Waals surface area contributed by atoms with Crippen LogP contribution in [0.1, 0.15) is 24.1 Å². The van der Waals surface area contributed by atoms with Gasteiger partial charge in [-0.2, -0.15) is 0 Å². The van der Waals surface area contributed by atoms with Crippen LogP contribution in [0.2, 0.25) is 5.15 Å². The molecule has 2 aromatic rings. The van der Waals surface area contributed by atoms with E-state index in [9.17, 15) is 4.39 Å². The van der Waals surface area contributed by atoms with Crippen molar-refractivity contribution in [3.05, 3.63) is 64.7 Å². The van der Waals surface area contributed by atoms with E-state index in [-0.39, 0.29) is 11.9 Å². The van der Waals surface area contributed by atoms with Gasteiger partial charge in [-0.05, 0) is 42.7 Å². The Labute approximate surface area is 182 Å². The maximum atomic E-state index is 13.4. The Hall–Kier alpha value is -2.22. The number of ether oxygens (including phenoxy) is 1. The van der Waals surface area contributed by atoms with E-state index in [0.29, 0.717) is 24.9 Å². The highest BCUT2D eigenvalue weighted by atomic mass is 35.5. The quantitative estimate of drug-likeness (QED) is 0.380. The molecule has 1 aliphatic heterocycles. The lowest BCUT2D eigenvalue weighted by atomic mass is 10.0. The number of rotatable bonds is 8. The van der Waals surface area contributed by atoms with Gasteiger partial charge in [-0.15, -0.1) is 0 Å². The average Bonchev–Trinajstić information content (AvgIpc) is 2.77. The fourth-order valence-corrected chi connectivity index (χ4v) is 3.52. The molecular formula is C22H29ClFN5O. The maximum Gasteiger partial charge on any atom is 0.191 e. The topological polar surface area (TPSA) is 61.8 Å². The molecule has 1 atom stereocenters. The maximum absolute atomic E-state index is 13.4. The molecule has 0 bridgehead atoms. The molecule has 0 spiro atoms. The SMILES string of the molecule is CCNC(=NCC(c1ccc(F)cc1)N1CCOCC1)NCCc1ccc(Cl)nc1.